The van der Waals surface area contributed by atoms with E-state index in [-0.39, 0.29) is 29.4 Å². The number of benzene rings is 2. The smallest absolute Gasteiger partial charge is 0.327 e. The van der Waals surface area contributed by atoms with Crippen LogP contribution in [0, 0.1) is 5.82 Å². The van der Waals surface area contributed by atoms with Crippen molar-refractivity contribution in [2.45, 2.75) is 39.0 Å². The minimum atomic E-state index is -1.04. The van der Waals surface area contributed by atoms with Crippen molar-refractivity contribution in [1.29, 1.82) is 0 Å². The van der Waals surface area contributed by atoms with E-state index in [0.29, 0.717) is 21.3 Å². The zero-order valence-electron chi connectivity index (χ0n) is 18.6. The number of aromatic nitrogens is 2. The van der Waals surface area contributed by atoms with Gasteiger partial charge in [-0.1, -0.05) is 34.8 Å². The molecule has 1 atom stereocenters. The van der Waals surface area contributed by atoms with Crippen LogP contribution in [0.3, 0.4) is 0 Å². The lowest BCUT2D eigenvalue weighted by atomic mass is 10.0. The van der Waals surface area contributed by atoms with Gasteiger partial charge in [0.1, 0.15) is 11.6 Å². The molecule has 0 aliphatic carbocycles. The Balaban J connectivity index is 1.92. The second-order valence-corrected chi connectivity index (χ2v) is 9.24. The summed E-state index contributed by atoms with van der Waals surface area (Å²) in [4.78, 5) is 23.1. The molecule has 0 fully saturated rings. The van der Waals surface area contributed by atoms with Gasteiger partial charge in [0.05, 0.1) is 27.4 Å². The van der Waals surface area contributed by atoms with Gasteiger partial charge >= 0.3 is 6.03 Å². The van der Waals surface area contributed by atoms with Crippen LogP contribution in [0.5, 0.6) is 0 Å². The maximum atomic E-state index is 13.5. The Labute approximate surface area is 211 Å². The van der Waals surface area contributed by atoms with Crippen molar-refractivity contribution < 1.29 is 14.3 Å². The first-order chi connectivity index (χ1) is 16.0. The molecule has 180 valence electrons. The Hall–Kier alpha value is -2.65. The van der Waals surface area contributed by atoms with Gasteiger partial charge in [-0.15, -0.1) is 0 Å². The van der Waals surface area contributed by atoms with E-state index in [0.717, 1.165) is 0 Å². The normalized spacial score (nSPS) is 12.2. The van der Waals surface area contributed by atoms with E-state index in [1.807, 2.05) is 0 Å². The van der Waals surface area contributed by atoms with Gasteiger partial charge in [0.25, 0.3) is 0 Å². The van der Waals surface area contributed by atoms with Crippen molar-refractivity contribution >= 4 is 58.3 Å². The van der Waals surface area contributed by atoms with Crippen LogP contribution in [0.4, 0.5) is 26.6 Å². The minimum absolute atomic E-state index is 0.0132. The van der Waals surface area contributed by atoms with Crippen LogP contribution < -0.4 is 15.5 Å². The number of aliphatic hydroxyl groups is 1. The Kier molecular flexibility index (Phi) is 8.20. The van der Waals surface area contributed by atoms with Crippen LogP contribution >= 0.6 is 34.8 Å². The zero-order chi connectivity index (χ0) is 25.0. The number of amides is 2. The molecule has 11 heteroatoms. The average Bonchev–Trinajstić information content (AvgIpc) is 2.77. The predicted molar refractivity (Wildman–Crippen MR) is 134 cm³/mol. The largest absolute Gasteiger partial charge is 0.388 e. The van der Waals surface area contributed by atoms with Crippen molar-refractivity contribution in [3.63, 3.8) is 0 Å². The highest BCUT2D eigenvalue weighted by molar-refractivity contribution is 6.44. The molecular formula is C23H23Cl3FN5O2. The van der Waals surface area contributed by atoms with Gasteiger partial charge in [0.15, 0.2) is 0 Å². The van der Waals surface area contributed by atoms with Crippen molar-refractivity contribution in [3.8, 4) is 0 Å². The maximum absolute atomic E-state index is 13.5. The van der Waals surface area contributed by atoms with Gasteiger partial charge < -0.3 is 15.7 Å². The SMILES string of the molecule is CC(Nc1nccc(N(C(=O)NCc2c(Cl)ccc(Cl)c2Cl)c2ccc(F)cc2)n1)C(C)(C)O. The lowest BCUT2D eigenvalue weighted by Crippen LogP contribution is -2.40. The molecule has 0 saturated carbocycles. The van der Waals surface area contributed by atoms with Gasteiger partial charge in [0.2, 0.25) is 5.95 Å². The number of urea groups is 1. The predicted octanol–water partition coefficient (Wildman–Crippen LogP) is 6.20. The van der Waals surface area contributed by atoms with Crippen molar-refractivity contribution in [3.05, 3.63) is 75.1 Å². The third-order valence-electron chi connectivity index (χ3n) is 5.12. The number of halogens is 4. The number of nitrogens with zero attached hydrogens (tertiary/aromatic N) is 3. The molecule has 2 aromatic carbocycles. The van der Waals surface area contributed by atoms with Crippen LogP contribution in [0.2, 0.25) is 15.1 Å². The van der Waals surface area contributed by atoms with E-state index in [2.05, 4.69) is 20.6 Å². The third kappa shape index (κ3) is 6.27. The fourth-order valence-electron chi connectivity index (χ4n) is 2.83. The maximum Gasteiger partial charge on any atom is 0.327 e. The van der Waals surface area contributed by atoms with E-state index in [9.17, 15) is 14.3 Å². The molecule has 1 heterocycles. The van der Waals surface area contributed by atoms with Crippen LogP contribution in [-0.2, 0) is 6.54 Å². The first-order valence-corrected chi connectivity index (χ1v) is 11.4. The number of rotatable bonds is 7. The molecule has 3 N–H and O–H groups in total. The van der Waals surface area contributed by atoms with Gasteiger partial charge in [-0.2, -0.15) is 4.98 Å². The van der Waals surface area contributed by atoms with E-state index in [4.69, 9.17) is 34.8 Å². The molecule has 0 saturated heterocycles. The van der Waals surface area contributed by atoms with Gasteiger partial charge in [-0.05, 0) is 57.2 Å². The number of hydrogen-bond donors (Lipinski definition) is 3. The van der Waals surface area contributed by atoms with E-state index in [1.165, 1.54) is 41.4 Å². The first kappa shape index (κ1) is 26.0. The number of carbonyl (C=O) groups excluding carboxylic acids is 1. The van der Waals surface area contributed by atoms with E-state index in [1.54, 1.807) is 32.9 Å². The van der Waals surface area contributed by atoms with Gasteiger partial charge in [0, 0.05) is 29.4 Å². The Morgan fingerprint density at radius 3 is 2.41 bits per heavy atom. The summed E-state index contributed by atoms with van der Waals surface area (Å²) >= 11 is 18.5. The highest BCUT2D eigenvalue weighted by Gasteiger charge is 2.25. The summed E-state index contributed by atoms with van der Waals surface area (Å²) in [5.41, 5.74) is -0.224. The summed E-state index contributed by atoms with van der Waals surface area (Å²) < 4.78 is 13.5. The van der Waals surface area contributed by atoms with Crippen molar-refractivity contribution in [2.24, 2.45) is 0 Å². The lowest BCUT2D eigenvalue weighted by Gasteiger charge is -2.27. The summed E-state index contributed by atoms with van der Waals surface area (Å²) in [5, 5.41) is 16.8. The molecule has 7 nitrogen and oxygen atoms in total. The van der Waals surface area contributed by atoms with Crippen molar-refractivity contribution in [1.82, 2.24) is 15.3 Å². The highest BCUT2D eigenvalue weighted by Crippen LogP contribution is 2.32. The molecule has 0 aliphatic rings. The summed E-state index contributed by atoms with van der Waals surface area (Å²) in [6, 6.07) is 9.08. The Morgan fingerprint density at radius 2 is 1.76 bits per heavy atom. The second kappa shape index (κ2) is 10.7. The molecule has 1 unspecified atom stereocenters. The summed E-state index contributed by atoms with van der Waals surface area (Å²) in [5.74, 6) is -0.0357. The second-order valence-electron chi connectivity index (χ2n) is 8.05. The molecule has 2 amide bonds. The Morgan fingerprint density at radius 1 is 1.12 bits per heavy atom. The number of hydrogen-bond acceptors (Lipinski definition) is 5. The number of anilines is 3. The lowest BCUT2D eigenvalue weighted by molar-refractivity contribution is 0.0646. The fourth-order valence-corrected chi connectivity index (χ4v) is 3.51. The summed E-state index contributed by atoms with van der Waals surface area (Å²) in [6.07, 6.45) is 1.47. The van der Waals surface area contributed by atoms with Crippen LogP contribution in [-0.4, -0.2) is 32.7 Å². The van der Waals surface area contributed by atoms with Crippen LogP contribution in [0.1, 0.15) is 26.3 Å². The first-order valence-electron chi connectivity index (χ1n) is 10.2. The molecule has 0 radical (unpaired) electrons. The zero-order valence-corrected chi connectivity index (χ0v) is 20.9. The quantitative estimate of drug-likeness (QED) is 0.319. The number of carbonyl (C=O) groups is 1. The monoisotopic (exact) mass is 525 g/mol. The number of nitrogens with one attached hydrogen (secondary N) is 2. The van der Waals surface area contributed by atoms with E-state index < -0.39 is 17.4 Å². The van der Waals surface area contributed by atoms with Crippen molar-refractivity contribution in [2.75, 3.05) is 10.2 Å². The van der Waals surface area contributed by atoms with Gasteiger partial charge in [-0.3, -0.25) is 0 Å². The van der Waals surface area contributed by atoms with Crippen LogP contribution in [0.25, 0.3) is 0 Å². The fraction of sp³-hybridized carbons (Fsp3) is 0.261. The van der Waals surface area contributed by atoms with Gasteiger partial charge in [-0.25, -0.2) is 19.1 Å². The Bertz CT molecular complexity index is 1170. The molecule has 0 bridgehead atoms. The molecule has 0 spiro atoms. The molecular weight excluding hydrogens is 504 g/mol. The average molecular weight is 527 g/mol. The van der Waals surface area contributed by atoms with E-state index >= 15 is 0 Å². The minimum Gasteiger partial charge on any atom is -0.388 e. The standard InChI is InChI=1S/C23H23Cl3FN5O2/c1-13(23(2,3)34)30-21-28-11-10-19(31-21)32(15-6-4-14(27)5-7-15)22(33)29-12-16-17(24)8-9-18(25)20(16)26/h4-11,13,34H,12H2,1-3H3,(H,29,33)(H,28,30,31). The third-order valence-corrected chi connectivity index (χ3v) is 6.32. The topological polar surface area (TPSA) is 90.4 Å². The molecule has 1 aromatic heterocycles. The van der Waals surface area contributed by atoms with Crippen LogP contribution in [0.15, 0.2) is 48.7 Å². The summed E-state index contributed by atoms with van der Waals surface area (Å²) in [6.45, 7) is 5.07. The molecule has 0 aliphatic heterocycles. The molecule has 34 heavy (non-hydrogen) atoms. The summed E-state index contributed by atoms with van der Waals surface area (Å²) in [7, 11) is 0. The molecule has 3 aromatic rings. The highest BCUT2D eigenvalue weighted by atomic mass is 35.5. The molecule has 3 rings (SSSR count).